The highest BCUT2D eigenvalue weighted by atomic mass is 15.1. The SMILES string of the molecule is CC1(C)c2ccccc2-c2ccc(-c3ccc(N(c4cc(-c5ccccc5)cc(-c5ccccc5)c4)c4cccc5c4c4cccc6c7ccccc7n5c64)cc3)cc21. The van der Waals surface area contributed by atoms with E-state index >= 15 is 0 Å². The Morgan fingerprint density at radius 3 is 1.71 bits per heavy atom. The summed E-state index contributed by atoms with van der Waals surface area (Å²) < 4.78 is 2.48. The molecule has 0 saturated carbocycles. The van der Waals surface area contributed by atoms with Gasteiger partial charge in [0.15, 0.2) is 0 Å². The molecule has 11 aromatic rings. The highest BCUT2D eigenvalue weighted by molar-refractivity contribution is 6.26. The van der Waals surface area contributed by atoms with Gasteiger partial charge in [-0.1, -0.05) is 166 Å². The molecule has 0 N–H and O–H groups in total. The van der Waals surface area contributed by atoms with Crippen LogP contribution in [0.15, 0.2) is 206 Å². The molecule has 1 aliphatic carbocycles. The van der Waals surface area contributed by atoms with Crippen molar-refractivity contribution < 1.29 is 0 Å². The van der Waals surface area contributed by atoms with Crippen LogP contribution >= 0.6 is 0 Å². The van der Waals surface area contributed by atoms with Crippen molar-refractivity contribution in [1.29, 1.82) is 0 Å². The maximum atomic E-state index is 2.48. The van der Waals surface area contributed by atoms with Gasteiger partial charge in [-0.25, -0.2) is 0 Å². The molecule has 2 heteroatoms. The number of benzene rings is 9. The lowest BCUT2D eigenvalue weighted by Gasteiger charge is -2.28. The molecule has 0 amide bonds. The van der Waals surface area contributed by atoms with Crippen LogP contribution in [0.2, 0.25) is 0 Å². The topological polar surface area (TPSA) is 7.65 Å². The van der Waals surface area contributed by atoms with Crippen LogP contribution in [0.4, 0.5) is 17.1 Å². The Morgan fingerprint density at radius 2 is 0.949 bits per heavy atom. The monoisotopic (exact) mass is 752 g/mol. The number of rotatable bonds is 6. The zero-order valence-corrected chi connectivity index (χ0v) is 33.0. The maximum absolute atomic E-state index is 2.48. The van der Waals surface area contributed by atoms with Crippen LogP contribution in [-0.4, -0.2) is 4.40 Å². The first-order valence-corrected chi connectivity index (χ1v) is 20.6. The predicted octanol–water partition coefficient (Wildman–Crippen LogP) is 15.6. The second-order valence-electron chi connectivity index (χ2n) is 16.5. The molecule has 0 aliphatic heterocycles. The van der Waals surface area contributed by atoms with E-state index in [1.165, 1.54) is 93.7 Å². The maximum Gasteiger partial charge on any atom is 0.0621 e. The van der Waals surface area contributed by atoms with Crippen molar-refractivity contribution in [2.75, 3.05) is 4.90 Å². The third-order valence-electron chi connectivity index (χ3n) is 12.9. The number of aromatic nitrogens is 1. The van der Waals surface area contributed by atoms with Gasteiger partial charge in [0.2, 0.25) is 0 Å². The normalized spacial score (nSPS) is 13.1. The Morgan fingerprint density at radius 1 is 0.373 bits per heavy atom. The van der Waals surface area contributed by atoms with Gasteiger partial charge in [-0.15, -0.1) is 0 Å². The molecule has 2 aromatic heterocycles. The lowest BCUT2D eigenvalue weighted by molar-refractivity contribution is 0.660. The summed E-state index contributed by atoms with van der Waals surface area (Å²) in [7, 11) is 0. The van der Waals surface area contributed by atoms with Gasteiger partial charge < -0.3 is 9.30 Å². The van der Waals surface area contributed by atoms with E-state index in [9.17, 15) is 0 Å². The fourth-order valence-electron chi connectivity index (χ4n) is 10.1. The van der Waals surface area contributed by atoms with Crippen molar-refractivity contribution in [3.63, 3.8) is 0 Å². The van der Waals surface area contributed by atoms with Crippen LogP contribution in [0.3, 0.4) is 0 Å². The van der Waals surface area contributed by atoms with Crippen molar-refractivity contribution in [2.45, 2.75) is 19.3 Å². The zero-order chi connectivity index (χ0) is 39.2. The fourth-order valence-corrected chi connectivity index (χ4v) is 10.1. The summed E-state index contributed by atoms with van der Waals surface area (Å²) in [5, 5.41) is 5.08. The van der Waals surface area contributed by atoms with Gasteiger partial charge in [0.1, 0.15) is 0 Å². The van der Waals surface area contributed by atoms with E-state index in [0.717, 1.165) is 17.1 Å². The van der Waals surface area contributed by atoms with E-state index in [-0.39, 0.29) is 5.41 Å². The van der Waals surface area contributed by atoms with Crippen molar-refractivity contribution >= 4 is 55.2 Å². The second kappa shape index (κ2) is 12.8. The molecular weight excluding hydrogens is 713 g/mol. The molecule has 278 valence electrons. The summed E-state index contributed by atoms with van der Waals surface area (Å²) >= 11 is 0. The van der Waals surface area contributed by atoms with Crippen LogP contribution in [0.25, 0.3) is 82.6 Å². The van der Waals surface area contributed by atoms with Gasteiger partial charge in [-0.3, -0.25) is 0 Å². The molecule has 0 atom stereocenters. The smallest absolute Gasteiger partial charge is 0.0621 e. The summed E-state index contributed by atoms with van der Waals surface area (Å²) in [4.78, 5) is 2.48. The lowest BCUT2D eigenvalue weighted by Crippen LogP contribution is -2.14. The highest BCUT2D eigenvalue weighted by Gasteiger charge is 2.35. The van der Waals surface area contributed by atoms with Crippen molar-refractivity contribution in [3.8, 4) is 44.5 Å². The Labute approximate surface area is 344 Å². The Bertz CT molecular complexity index is 3330. The number of hydrogen-bond donors (Lipinski definition) is 0. The third kappa shape index (κ3) is 5.06. The quantitative estimate of drug-likeness (QED) is 0.164. The molecule has 59 heavy (non-hydrogen) atoms. The fraction of sp³-hybridized carbons (Fsp3) is 0.0526. The van der Waals surface area contributed by atoms with Crippen LogP contribution in [0, 0.1) is 0 Å². The molecule has 12 rings (SSSR count). The largest absolute Gasteiger partial charge is 0.310 e. The minimum atomic E-state index is -0.0558. The van der Waals surface area contributed by atoms with Crippen molar-refractivity contribution in [3.05, 3.63) is 217 Å². The van der Waals surface area contributed by atoms with Gasteiger partial charge >= 0.3 is 0 Å². The van der Waals surface area contributed by atoms with E-state index in [2.05, 4.69) is 229 Å². The van der Waals surface area contributed by atoms with Crippen molar-refractivity contribution in [1.82, 2.24) is 4.40 Å². The van der Waals surface area contributed by atoms with E-state index in [4.69, 9.17) is 0 Å². The number of anilines is 3. The first-order chi connectivity index (χ1) is 29.0. The number of hydrogen-bond acceptors (Lipinski definition) is 1. The molecule has 9 aromatic carbocycles. The molecule has 2 nitrogen and oxygen atoms in total. The standard InChI is InChI=1S/C57H40N2/c1-57(2)50-23-11-9-19-45(50)46-32-29-40(36-51(46)57)39-27-30-43(31-28-39)58(44-34-41(37-15-5-3-6-16-37)33-42(35-44)38-17-7-4-8-18-38)53-25-14-26-54-55(53)49-22-13-21-48-47-20-10-12-24-52(47)59(54)56(48)49/h3-36H,1-2H3. The average Bonchev–Trinajstić information content (AvgIpc) is 3.90. The van der Waals surface area contributed by atoms with E-state index in [1.54, 1.807) is 0 Å². The minimum Gasteiger partial charge on any atom is -0.310 e. The molecule has 0 fully saturated rings. The highest BCUT2D eigenvalue weighted by Crippen LogP contribution is 2.51. The third-order valence-corrected chi connectivity index (χ3v) is 12.9. The summed E-state index contributed by atoms with van der Waals surface area (Å²) in [6.45, 7) is 4.71. The van der Waals surface area contributed by atoms with Gasteiger partial charge in [-0.2, -0.15) is 0 Å². The van der Waals surface area contributed by atoms with E-state index in [1.807, 2.05) is 0 Å². The van der Waals surface area contributed by atoms with Gasteiger partial charge in [0.25, 0.3) is 0 Å². The first-order valence-electron chi connectivity index (χ1n) is 20.6. The summed E-state index contributed by atoms with van der Waals surface area (Å²) in [5.41, 5.74) is 19.7. The molecule has 0 saturated heterocycles. The Kier molecular flexibility index (Phi) is 7.31. The van der Waals surface area contributed by atoms with E-state index < -0.39 is 0 Å². The number of fused-ring (bicyclic) bond motifs is 9. The van der Waals surface area contributed by atoms with Crippen LogP contribution in [0.5, 0.6) is 0 Å². The van der Waals surface area contributed by atoms with E-state index in [0.29, 0.717) is 0 Å². The van der Waals surface area contributed by atoms with Gasteiger partial charge in [0, 0.05) is 38.3 Å². The summed E-state index contributed by atoms with van der Waals surface area (Å²) in [6.07, 6.45) is 0. The number of nitrogens with zero attached hydrogens (tertiary/aromatic N) is 2. The second-order valence-corrected chi connectivity index (χ2v) is 16.5. The molecule has 0 unspecified atom stereocenters. The average molecular weight is 753 g/mol. The zero-order valence-electron chi connectivity index (χ0n) is 33.0. The van der Waals surface area contributed by atoms with Crippen LogP contribution < -0.4 is 4.90 Å². The van der Waals surface area contributed by atoms with Crippen LogP contribution in [0.1, 0.15) is 25.0 Å². The predicted molar refractivity (Wildman–Crippen MR) is 250 cm³/mol. The summed E-state index contributed by atoms with van der Waals surface area (Å²) in [6, 6.07) is 76.2. The van der Waals surface area contributed by atoms with Crippen LogP contribution in [-0.2, 0) is 5.41 Å². The molecular formula is C57H40N2. The molecule has 0 spiro atoms. The minimum absolute atomic E-state index is 0.0558. The molecule has 2 heterocycles. The van der Waals surface area contributed by atoms with Gasteiger partial charge in [0.05, 0.1) is 22.2 Å². The lowest BCUT2D eigenvalue weighted by atomic mass is 9.81. The summed E-state index contributed by atoms with van der Waals surface area (Å²) in [5.74, 6) is 0. The molecule has 0 bridgehead atoms. The Balaban J connectivity index is 1.09. The molecule has 1 aliphatic rings. The number of para-hydroxylation sites is 2. The van der Waals surface area contributed by atoms with Gasteiger partial charge in [-0.05, 0) is 110 Å². The first kappa shape index (κ1) is 33.7. The molecule has 0 radical (unpaired) electrons. The Hall–Kier alpha value is -7.42. The van der Waals surface area contributed by atoms with Crippen molar-refractivity contribution in [2.24, 2.45) is 0 Å².